The van der Waals surface area contributed by atoms with Crippen molar-refractivity contribution in [2.45, 2.75) is 34.7 Å². The number of thiophene rings is 1. The lowest BCUT2D eigenvalue weighted by atomic mass is 9.99. The number of carbonyl (C=O) groups excluding carboxylic acids is 1. The first-order valence-corrected chi connectivity index (χ1v) is 12.4. The van der Waals surface area contributed by atoms with Gasteiger partial charge in [0.1, 0.15) is 4.21 Å². The first kappa shape index (κ1) is 19.7. The van der Waals surface area contributed by atoms with E-state index in [0.29, 0.717) is 28.7 Å². The summed E-state index contributed by atoms with van der Waals surface area (Å²) < 4.78 is 27.9. The molecule has 2 aromatic rings. The van der Waals surface area contributed by atoms with Crippen LogP contribution in [0.15, 0.2) is 26.1 Å². The molecular weight excluding hydrogens is 412 g/mol. The Kier molecular flexibility index (Phi) is 6.67. The highest BCUT2D eigenvalue weighted by molar-refractivity contribution is 8.01. The fourth-order valence-electron chi connectivity index (χ4n) is 2.63. The van der Waals surface area contributed by atoms with Crippen molar-refractivity contribution in [3.63, 3.8) is 0 Å². The molecule has 3 heterocycles. The quantitative estimate of drug-likeness (QED) is 0.534. The number of hydrogen-bond acceptors (Lipinski definition) is 8. The molecule has 0 radical (unpaired) electrons. The first-order chi connectivity index (χ1) is 12.5. The maximum atomic E-state index is 12.7. The van der Waals surface area contributed by atoms with E-state index in [1.165, 1.54) is 27.0 Å². The van der Waals surface area contributed by atoms with Crippen LogP contribution in [0.1, 0.15) is 26.2 Å². The molecule has 11 heteroatoms. The molecule has 1 amide bonds. The average molecular weight is 433 g/mol. The molecule has 0 saturated carbocycles. The van der Waals surface area contributed by atoms with Gasteiger partial charge in [0.2, 0.25) is 11.0 Å². The third-order valence-corrected chi connectivity index (χ3v) is 9.33. The maximum absolute atomic E-state index is 12.7. The number of sulfonamides is 1. The SMILES string of the molecule is CCCSc1nnc(NC(=O)[C@H]2CCCN(S(=O)(=O)c3cccs3)C2)s1. The van der Waals surface area contributed by atoms with Crippen molar-refractivity contribution in [2.75, 3.05) is 24.2 Å². The van der Waals surface area contributed by atoms with E-state index in [0.717, 1.165) is 16.5 Å². The minimum Gasteiger partial charge on any atom is -0.300 e. The number of rotatable bonds is 7. The molecule has 26 heavy (non-hydrogen) atoms. The number of thioether (sulfide) groups is 1. The smallest absolute Gasteiger partial charge is 0.252 e. The number of nitrogens with one attached hydrogen (secondary N) is 1. The molecule has 1 aliphatic heterocycles. The minimum absolute atomic E-state index is 0.195. The van der Waals surface area contributed by atoms with Crippen LogP contribution in [0.25, 0.3) is 0 Å². The summed E-state index contributed by atoms with van der Waals surface area (Å²) >= 11 is 4.16. The number of amides is 1. The highest BCUT2D eigenvalue weighted by Crippen LogP contribution is 2.29. The van der Waals surface area contributed by atoms with Crippen LogP contribution in [0, 0.1) is 5.92 Å². The van der Waals surface area contributed by atoms with Crippen molar-refractivity contribution in [2.24, 2.45) is 5.92 Å². The second kappa shape index (κ2) is 8.79. The molecule has 1 N–H and O–H groups in total. The molecular formula is C15H20N4O3S4. The number of carbonyl (C=O) groups is 1. The van der Waals surface area contributed by atoms with Gasteiger partial charge in [0.15, 0.2) is 4.34 Å². The lowest BCUT2D eigenvalue weighted by molar-refractivity contribution is -0.120. The normalized spacial score (nSPS) is 18.7. The van der Waals surface area contributed by atoms with E-state index in [4.69, 9.17) is 0 Å². The second-order valence-corrected chi connectivity index (χ2v) is 11.3. The Morgan fingerprint density at radius 2 is 2.31 bits per heavy atom. The number of piperidine rings is 1. The summed E-state index contributed by atoms with van der Waals surface area (Å²) in [5.41, 5.74) is 0. The highest BCUT2D eigenvalue weighted by Gasteiger charge is 2.34. The molecule has 0 bridgehead atoms. The van der Waals surface area contributed by atoms with Gasteiger partial charge in [0.25, 0.3) is 10.0 Å². The van der Waals surface area contributed by atoms with E-state index in [-0.39, 0.29) is 18.4 Å². The van der Waals surface area contributed by atoms with E-state index < -0.39 is 10.0 Å². The standard InChI is InChI=1S/C15H20N4O3S4/c1-2-8-24-15-18-17-14(25-15)16-13(20)11-5-3-7-19(10-11)26(21,22)12-6-4-9-23-12/h4,6,9,11H,2-3,5,7-8,10H2,1H3,(H,16,17,20)/t11-/m0/s1. The van der Waals surface area contributed by atoms with Crippen LogP contribution in [0.5, 0.6) is 0 Å². The van der Waals surface area contributed by atoms with E-state index >= 15 is 0 Å². The zero-order valence-corrected chi connectivity index (χ0v) is 17.5. The molecule has 1 aliphatic rings. The van der Waals surface area contributed by atoms with Gasteiger partial charge >= 0.3 is 0 Å². The van der Waals surface area contributed by atoms with E-state index in [1.807, 2.05) is 0 Å². The zero-order chi connectivity index (χ0) is 18.6. The Morgan fingerprint density at radius 1 is 1.46 bits per heavy atom. The highest BCUT2D eigenvalue weighted by atomic mass is 32.2. The lowest BCUT2D eigenvalue weighted by Crippen LogP contribution is -2.43. The first-order valence-electron chi connectivity index (χ1n) is 8.31. The number of anilines is 1. The van der Waals surface area contributed by atoms with Gasteiger partial charge in [-0.15, -0.1) is 21.5 Å². The monoisotopic (exact) mass is 432 g/mol. The van der Waals surface area contributed by atoms with Crippen molar-refractivity contribution >= 4 is 55.5 Å². The van der Waals surface area contributed by atoms with Crippen LogP contribution in [0.4, 0.5) is 5.13 Å². The Bertz CT molecular complexity index is 835. The minimum atomic E-state index is -3.52. The summed E-state index contributed by atoms with van der Waals surface area (Å²) in [4.78, 5) is 12.6. The molecule has 0 spiro atoms. The Labute approximate surface area is 165 Å². The van der Waals surface area contributed by atoms with Gasteiger partial charge in [-0.3, -0.25) is 4.79 Å². The number of hydrogen-bond donors (Lipinski definition) is 1. The summed E-state index contributed by atoms with van der Waals surface area (Å²) in [6.45, 7) is 2.73. The topological polar surface area (TPSA) is 92.3 Å². The van der Waals surface area contributed by atoms with E-state index in [1.54, 1.807) is 29.3 Å². The summed E-state index contributed by atoms with van der Waals surface area (Å²) in [6, 6.07) is 3.32. The van der Waals surface area contributed by atoms with Gasteiger partial charge in [-0.25, -0.2) is 8.42 Å². The molecule has 1 fully saturated rings. The lowest BCUT2D eigenvalue weighted by Gasteiger charge is -2.30. The molecule has 142 valence electrons. The van der Waals surface area contributed by atoms with Crippen LogP contribution in [0.2, 0.25) is 0 Å². The average Bonchev–Trinajstić information content (AvgIpc) is 3.32. The molecule has 0 unspecified atom stereocenters. The van der Waals surface area contributed by atoms with Gasteiger partial charge < -0.3 is 5.32 Å². The van der Waals surface area contributed by atoms with Gasteiger partial charge in [-0.2, -0.15) is 4.31 Å². The van der Waals surface area contributed by atoms with E-state index in [9.17, 15) is 13.2 Å². The van der Waals surface area contributed by atoms with Crippen LogP contribution in [-0.2, 0) is 14.8 Å². The van der Waals surface area contributed by atoms with Gasteiger partial charge in [-0.1, -0.05) is 36.1 Å². The largest absolute Gasteiger partial charge is 0.300 e. The third-order valence-electron chi connectivity index (χ3n) is 3.91. The molecule has 0 aromatic carbocycles. The van der Waals surface area contributed by atoms with Crippen molar-refractivity contribution in [1.82, 2.24) is 14.5 Å². The molecule has 2 aromatic heterocycles. The fraction of sp³-hybridized carbons (Fsp3) is 0.533. The van der Waals surface area contributed by atoms with Gasteiger partial charge in [-0.05, 0) is 30.7 Å². The van der Waals surface area contributed by atoms with Crippen LogP contribution in [-0.4, -0.2) is 47.7 Å². The Morgan fingerprint density at radius 3 is 3.04 bits per heavy atom. The summed E-state index contributed by atoms with van der Waals surface area (Å²) in [5.74, 6) is 0.384. The Hall–Kier alpha value is -1.01. The van der Waals surface area contributed by atoms with Crippen molar-refractivity contribution in [1.29, 1.82) is 0 Å². The summed E-state index contributed by atoms with van der Waals surface area (Å²) in [7, 11) is -3.52. The molecule has 0 aliphatic carbocycles. The molecule has 7 nitrogen and oxygen atoms in total. The molecule has 1 atom stereocenters. The van der Waals surface area contributed by atoms with Crippen molar-refractivity contribution in [3.8, 4) is 0 Å². The number of nitrogens with zero attached hydrogens (tertiary/aromatic N) is 3. The van der Waals surface area contributed by atoms with E-state index in [2.05, 4.69) is 22.4 Å². The fourth-order valence-corrected chi connectivity index (χ4v) is 6.98. The Balaban J connectivity index is 1.62. The van der Waals surface area contributed by atoms with Crippen LogP contribution >= 0.6 is 34.4 Å². The second-order valence-electron chi connectivity index (χ2n) is 5.85. The predicted octanol–water partition coefficient (Wildman–Crippen LogP) is 3.14. The van der Waals surface area contributed by atoms with Crippen molar-refractivity contribution < 1.29 is 13.2 Å². The predicted molar refractivity (Wildman–Crippen MR) is 105 cm³/mol. The molecule has 3 rings (SSSR count). The summed E-state index contributed by atoms with van der Waals surface area (Å²) in [5, 5.41) is 13.0. The van der Waals surface area contributed by atoms with Gasteiger partial charge in [0.05, 0.1) is 5.92 Å². The summed E-state index contributed by atoms with van der Waals surface area (Å²) in [6.07, 6.45) is 2.37. The number of aromatic nitrogens is 2. The van der Waals surface area contributed by atoms with Crippen LogP contribution in [0.3, 0.4) is 0 Å². The molecule has 1 saturated heterocycles. The maximum Gasteiger partial charge on any atom is 0.252 e. The van der Waals surface area contributed by atoms with Crippen LogP contribution < -0.4 is 5.32 Å². The van der Waals surface area contributed by atoms with Crippen molar-refractivity contribution in [3.05, 3.63) is 17.5 Å². The van der Waals surface area contributed by atoms with Gasteiger partial charge in [0, 0.05) is 18.8 Å². The zero-order valence-electron chi connectivity index (χ0n) is 14.3. The third kappa shape index (κ3) is 4.63.